The van der Waals surface area contributed by atoms with E-state index in [4.69, 9.17) is 0 Å². The van der Waals surface area contributed by atoms with Crippen LogP contribution in [0.1, 0.15) is 124 Å². The van der Waals surface area contributed by atoms with Crippen LogP contribution < -0.4 is 4.90 Å². The Labute approximate surface area is 479 Å². The lowest BCUT2D eigenvalue weighted by Crippen LogP contribution is -2.27. The molecule has 11 aromatic carbocycles. The van der Waals surface area contributed by atoms with Crippen LogP contribution in [0.15, 0.2) is 243 Å². The number of benzene rings is 11. The second-order valence-electron chi connectivity index (χ2n) is 26.1. The molecule has 0 amide bonds. The van der Waals surface area contributed by atoms with Crippen LogP contribution in [-0.4, -0.2) is 0 Å². The van der Waals surface area contributed by atoms with Crippen LogP contribution in [0.5, 0.6) is 0 Å². The molecule has 1 spiro atoms. The molecule has 15 rings (SSSR count). The molecule has 1 unspecified atom stereocenters. The number of hydrogen-bond acceptors (Lipinski definition) is 1. The van der Waals surface area contributed by atoms with Gasteiger partial charge in [0.25, 0.3) is 0 Å². The molecule has 0 fully saturated rings. The van der Waals surface area contributed by atoms with E-state index >= 15 is 0 Å². The molecule has 81 heavy (non-hydrogen) atoms. The van der Waals surface area contributed by atoms with Crippen LogP contribution in [0.4, 0.5) is 17.1 Å². The lowest BCUT2D eigenvalue weighted by atomic mass is 9.69. The summed E-state index contributed by atoms with van der Waals surface area (Å²) in [7, 11) is 0. The van der Waals surface area contributed by atoms with Crippen molar-refractivity contribution in [2.45, 2.75) is 89.4 Å². The van der Waals surface area contributed by atoms with E-state index in [0.29, 0.717) is 0 Å². The Kier molecular flexibility index (Phi) is 10.6. The van der Waals surface area contributed by atoms with Gasteiger partial charge in [0.1, 0.15) is 0 Å². The van der Waals surface area contributed by atoms with Crippen LogP contribution in [0, 0.1) is 0 Å². The van der Waals surface area contributed by atoms with Crippen LogP contribution in [0.3, 0.4) is 0 Å². The van der Waals surface area contributed by atoms with Crippen molar-refractivity contribution in [1.82, 2.24) is 0 Å². The molecule has 1 atom stereocenters. The van der Waals surface area contributed by atoms with Crippen molar-refractivity contribution in [1.29, 1.82) is 0 Å². The van der Waals surface area contributed by atoms with E-state index in [0.717, 1.165) is 17.1 Å². The van der Waals surface area contributed by atoms with E-state index < -0.39 is 5.41 Å². The zero-order valence-electron chi connectivity index (χ0n) is 48.0. The first kappa shape index (κ1) is 49.3. The first-order valence-electron chi connectivity index (χ1n) is 29.2. The van der Waals surface area contributed by atoms with Crippen LogP contribution in [0.2, 0.25) is 0 Å². The molecule has 0 bridgehead atoms. The molecule has 4 aliphatic rings. The molecule has 0 saturated heterocycles. The van der Waals surface area contributed by atoms with E-state index in [1.807, 2.05) is 0 Å². The van der Waals surface area contributed by atoms with Crippen molar-refractivity contribution in [3.63, 3.8) is 0 Å². The van der Waals surface area contributed by atoms with Gasteiger partial charge in [0, 0.05) is 27.8 Å². The van der Waals surface area contributed by atoms with Crippen molar-refractivity contribution < 1.29 is 0 Å². The predicted octanol–water partition coefficient (Wildman–Crippen LogP) is 21.1. The minimum absolute atomic E-state index is 0.0428. The predicted molar refractivity (Wildman–Crippen MR) is 341 cm³/mol. The summed E-state index contributed by atoms with van der Waals surface area (Å²) in [5.41, 5.74) is 32.5. The third kappa shape index (κ3) is 6.91. The molecule has 0 radical (unpaired) electrons. The van der Waals surface area contributed by atoms with Crippen molar-refractivity contribution in [3.8, 4) is 66.8 Å². The van der Waals surface area contributed by atoms with Crippen molar-refractivity contribution in [3.05, 3.63) is 304 Å². The molecule has 0 aliphatic heterocycles. The van der Waals surface area contributed by atoms with Gasteiger partial charge in [-0.15, -0.1) is 0 Å². The highest BCUT2D eigenvalue weighted by Crippen LogP contribution is 2.66. The summed E-state index contributed by atoms with van der Waals surface area (Å²) >= 11 is 0. The van der Waals surface area contributed by atoms with Gasteiger partial charge in [0.2, 0.25) is 0 Å². The summed E-state index contributed by atoms with van der Waals surface area (Å²) in [5, 5.41) is 0. The van der Waals surface area contributed by atoms with Crippen molar-refractivity contribution in [2.24, 2.45) is 0 Å². The molecule has 11 aromatic rings. The summed E-state index contributed by atoms with van der Waals surface area (Å²) in [4.78, 5) is 2.58. The first-order valence-corrected chi connectivity index (χ1v) is 29.2. The van der Waals surface area contributed by atoms with Crippen LogP contribution >= 0.6 is 0 Å². The summed E-state index contributed by atoms with van der Waals surface area (Å²) in [5.74, 6) is 0. The monoisotopic (exact) mass is 1040 g/mol. The van der Waals surface area contributed by atoms with Crippen molar-refractivity contribution >= 4 is 17.1 Å². The molecular weight excluding hydrogens is 975 g/mol. The lowest BCUT2D eigenvalue weighted by Gasteiger charge is -2.34. The fraction of sp³-hybridized carbons (Fsp3) is 0.175. The Bertz CT molecular complexity index is 4340. The molecule has 1 heteroatoms. The summed E-state index contributed by atoms with van der Waals surface area (Å²) in [6.45, 7) is 21.3. The van der Waals surface area contributed by atoms with Gasteiger partial charge in [-0.2, -0.15) is 0 Å². The molecule has 0 heterocycles. The molecule has 0 aromatic heterocycles. The van der Waals surface area contributed by atoms with E-state index in [-0.39, 0.29) is 21.7 Å². The van der Waals surface area contributed by atoms with E-state index in [1.165, 1.54) is 128 Å². The molecule has 1 nitrogen and oxygen atoms in total. The van der Waals surface area contributed by atoms with Crippen LogP contribution in [0.25, 0.3) is 66.8 Å². The lowest BCUT2D eigenvalue weighted by molar-refractivity contribution is 0.586. The molecule has 4 aliphatic carbocycles. The Morgan fingerprint density at radius 1 is 0.309 bits per heavy atom. The van der Waals surface area contributed by atoms with Gasteiger partial charge in [0.05, 0.1) is 11.1 Å². The summed E-state index contributed by atoms with van der Waals surface area (Å²) in [6, 6.07) is 93.2. The highest BCUT2D eigenvalue weighted by Gasteiger charge is 2.53. The average molecular weight is 1040 g/mol. The van der Waals surface area contributed by atoms with Gasteiger partial charge in [0.15, 0.2) is 0 Å². The van der Waals surface area contributed by atoms with Crippen molar-refractivity contribution in [2.75, 3.05) is 4.90 Å². The topological polar surface area (TPSA) is 3.24 Å². The van der Waals surface area contributed by atoms with Gasteiger partial charge < -0.3 is 4.90 Å². The zero-order chi connectivity index (χ0) is 55.4. The first-order chi connectivity index (χ1) is 39.1. The van der Waals surface area contributed by atoms with Gasteiger partial charge >= 0.3 is 0 Å². The smallest absolute Gasteiger partial charge is 0.0726 e. The number of hydrogen-bond donors (Lipinski definition) is 0. The zero-order valence-corrected chi connectivity index (χ0v) is 48.0. The fourth-order valence-corrected chi connectivity index (χ4v) is 15.3. The Balaban J connectivity index is 0.968. The van der Waals surface area contributed by atoms with Gasteiger partial charge in [-0.05, 0) is 170 Å². The van der Waals surface area contributed by atoms with Crippen LogP contribution in [-0.2, 0) is 27.1 Å². The minimum atomic E-state index is -0.548. The Morgan fingerprint density at radius 2 is 0.765 bits per heavy atom. The second-order valence-corrected chi connectivity index (χ2v) is 26.1. The number of nitrogens with zero attached hydrogens (tertiary/aromatic N) is 1. The van der Waals surface area contributed by atoms with Gasteiger partial charge in [-0.3, -0.25) is 0 Å². The fourth-order valence-electron chi connectivity index (χ4n) is 15.3. The standard InChI is InChI=1S/C80H67N/c1-76(2,3)52-39-44-61-62-45-40-53(77(4,5)6)48-72(62)80(71(61)47-52)68-34-20-17-29-65(68)74-69(80)35-22-36-73(74)81(55-43-46-60-58-27-16-19-33-67(58)79(9,70(60)49-55)51-23-11-10-12-24-51)54-41-37-50(38-42-54)56-25-13-14-26-57(56)63-30-21-31-64-59-28-15-18-32-66(59)78(7,8)75(63)64/h10-49H,1-9H3. The Hall–Kier alpha value is -8.78. The van der Waals surface area contributed by atoms with E-state index in [9.17, 15) is 0 Å². The maximum atomic E-state index is 2.58. The maximum Gasteiger partial charge on any atom is 0.0726 e. The molecule has 0 saturated carbocycles. The Morgan fingerprint density at radius 3 is 1.41 bits per heavy atom. The minimum Gasteiger partial charge on any atom is -0.310 e. The third-order valence-corrected chi connectivity index (χ3v) is 19.3. The average Bonchev–Trinajstić information content (AvgIpc) is 3.21. The highest BCUT2D eigenvalue weighted by molar-refractivity contribution is 6.02. The molecular formula is C80H67N. The summed E-state index contributed by atoms with van der Waals surface area (Å²) in [6.07, 6.45) is 0. The molecule has 0 N–H and O–H groups in total. The second kappa shape index (κ2) is 17.4. The largest absolute Gasteiger partial charge is 0.310 e. The van der Waals surface area contributed by atoms with E-state index in [1.54, 1.807) is 0 Å². The third-order valence-electron chi connectivity index (χ3n) is 19.3. The highest BCUT2D eigenvalue weighted by atomic mass is 15.1. The van der Waals surface area contributed by atoms with Gasteiger partial charge in [-0.25, -0.2) is 0 Å². The maximum absolute atomic E-state index is 2.58. The SMILES string of the molecule is CC(C)(C)c1ccc2c(c1)C1(c3cc(C(C)(C)C)ccc3-2)c2ccccc2-c2c(N(c3ccc(-c4ccccc4-c4cccc5c4C(C)(C)c4ccccc4-5)cc3)c3ccc4c(c3)C(C)(c3ccccc3)c3ccccc3-4)cccc21. The van der Waals surface area contributed by atoms with Gasteiger partial charge in [-0.1, -0.05) is 268 Å². The van der Waals surface area contributed by atoms with E-state index in [2.05, 4.69) is 310 Å². The summed E-state index contributed by atoms with van der Waals surface area (Å²) < 4.78 is 0. The number of anilines is 3. The number of rotatable bonds is 6. The normalized spacial score (nSPS) is 16.2. The quantitative estimate of drug-likeness (QED) is 0.160. The molecule has 392 valence electrons. The number of fused-ring (bicyclic) bond motifs is 16.